The number of benzene rings is 1. The topological polar surface area (TPSA) is 57.7 Å². The van der Waals surface area contributed by atoms with Crippen molar-refractivity contribution >= 4 is 5.82 Å². The number of hydrogen-bond acceptors (Lipinski definition) is 4. The largest absolute Gasteiger partial charge is 0.350 e. The summed E-state index contributed by atoms with van der Waals surface area (Å²) in [7, 11) is 0. The van der Waals surface area contributed by atoms with E-state index in [2.05, 4.69) is 47.1 Å². The van der Waals surface area contributed by atoms with E-state index in [9.17, 15) is 5.26 Å². The van der Waals surface area contributed by atoms with E-state index in [-0.39, 0.29) is 0 Å². The molecule has 3 rings (SSSR count). The highest BCUT2D eigenvalue weighted by molar-refractivity contribution is 5.51. The zero-order valence-electron chi connectivity index (χ0n) is 13.9. The molecule has 2 heterocycles. The lowest BCUT2D eigenvalue weighted by molar-refractivity contribution is 0.446. The number of nitriles is 1. The minimum absolute atomic E-state index is 0.421. The fourth-order valence-electron chi connectivity index (χ4n) is 3.25. The number of aryl methyl sites for hydroxylation is 1. The van der Waals surface area contributed by atoms with Crippen LogP contribution in [0.5, 0.6) is 0 Å². The molecule has 1 aliphatic rings. The first-order valence-corrected chi connectivity index (χ1v) is 8.50. The number of aromatic nitrogens is 3. The minimum atomic E-state index is 0.421. The van der Waals surface area contributed by atoms with Gasteiger partial charge >= 0.3 is 0 Å². The minimum Gasteiger partial charge on any atom is -0.350 e. The van der Waals surface area contributed by atoms with Crippen LogP contribution in [-0.4, -0.2) is 27.6 Å². The van der Waals surface area contributed by atoms with Crippen molar-refractivity contribution in [3.05, 3.63) is 35.5 Å². The van der Waals surface area contributed by atoms with Gasteiger partial charge in [-0.25, -0.2) is 0 Å². The van der Waals surface area contributed by atoms with E-state index in [0.29, 0.717) is 11.7 Å². The van der Waals surface area contributed by atoms with Crippen LogP contribution in [0.4, 0.5) is 5.82 Å². The Morgan fingerprint density at radius 2 is 1.96 bits per heavy atom. The summed E-state index contributed by atoms with van der Waals surface area (Å²) in [6, 6.07) is 10.9. The van der Waals surface area contributed by atoms with Gasteiger partial charge in [0.25, 0.3) is 0 Å². The zero-order chi connectivity index (χ0) is 16.2. The maximum absolute atomic E-state index is 9.46. The normalized spacial score (nSPS) is 18.0. The van der Waals surface area contributed by atoms with Crippen molar-refractivity contribution in [2.45, 2.75) is 52.0 Å². The molecule has 0 bridgehead atoms. The molecule has 23 heavy (non-hydrogen) atoms. The quantitative estimate of drug-likeness (QED) is 0.867. The number of rotatable bonds is 4. The highest BCUT2D eigenvalue weighted by Gasteiger charge is 2.26. The maximum atomic E-state index is 9.46. The van der Waals surface area contributed by atoms with Gasteiger partial charge < -0.3 is 4.90 Å². The molecule has 120 valence electrons. The Bertz CT molecular complexity index is 695. The highest BCUT2D eigenvalue weighted by Crippen LogP contribution is 2.27. The fraction of sp³-hybridized carbons (Fsp3) is 0.500. The number of nitrogens with zero attached hydrogens (tertiary/aromatic N) is 5. The van der Waals surface area contributed by atoms with Crippen LogP contribution in [0.15, 0.2) is 24.3 Å². The van der Waals surface area contributed by atoms with Gasteiger partial charge in [0.15, 0.2) is 5.82 Å². The standard InChI is InChI=1S/C18H23N5/c1-3-14-8-10-16(11-9-14)23-20-17(13-19)18(21-23)22-12-6-5-7-15(22)4-2/h8-11,15H,3-7,12H2,1-2H3/t15-/m0/s1. The molecule has 0 amide bonds. The first-order valence-electron chi connectivity index (χ1n) is 8.50. The average Bonchev–Trinajstić information content (AvgIpc) is 3.06. The molecule has 5 heteroatoms. The first kappa shape index (κ1) is 15.5. The van der Waals surface area contributed by atoms with Crippen LogP contribution in [-0.2, 0) is 6.42 Å². The van der Waals surface area contributed by atoms with Gasteiger partial charge in [0.1, 0.15) is 6.07 Å². The van der Waals surface area contributed by atoms with Crippen LogP contribution < -0.4 is 4.90 Å². The third-order valence-electron chi connectivity index (χ3n) is 4.65. The van der Waals surface area contributed by atoms with E-state index in [1.165, 1.54) is 18.4 Å². The molecule has 1 aromatic heterocycles. The summed E-state index contributed by atoms with van der Waals surface area (Å²) >= 11 is 0. The smallest absolute Gasteiger partial charge is 0.207 e. The van der Waals surface area contributed by atoms with Gasteiger partial charge in [-0.1, -0.05) is 26.0 Å². The van der Waals surface area contributed by atoms with Gasteiger partial charge in [-0.05, 0) is 49.8 Å². The van der Waals surface area contributed by atoms with Crippen molar-refractivity contribution in [1.29, 1.82) is 5.26 Å². The van der Waals surface area contributed by atoms with Gasteiger partial charge in [-0.3, -0.25) is 0 Å². The summed E-state index contributed by atoms with van der Waals surface area (Å²) in [5.41, 5.74) is 2.60. The summed E-state index contributed by atoms with van der Waals surface area (Å²) in [6.45, 7) is 5.29. The number of anilines is 1. The van der Waals surface area contributed by atoms with Crippen LogP contribution in [0.3, 0.4) is 0 Å². The van der Waals surface area contributed by atoms with Gasteiger partial charge in [-0.15, -0.1) is 15.0 Å². The highest BCUT2D eigenvalue weighted by atomic mass is 15.5. The van der Waals surface area contributed by atoms with Crippen molar-refractivity contribution < 1.29 is 0 Å². The molecular formula is C18H23N5. The Kier molecular flexibility index (Phi) is 4.61. The molecule has 2 aromatic rings. The zero-order valence-corrected chi connectivity index (χ0v) is 13.9. The second kappa shape index (κ2) is 6.82. The van der Waals surface area contributed by atoms with Crippen molar-refractivity contribution in [2.75, 3.05) is 11.4 Å². The number of hydrogen-bond donors (Lipinski definition) is 0. The molecule has 0 aliphatic carbocycles. The van der Waals surface area contributed by atoms with Crippen molar-refractivity contribution in [3.8, 4) is 11.8 Å². The third-order valence-corrected chi connectivity index (χ3v) is 4.65. The molecular weight excluding hydrogens is 286 g/mol. The van der Waals surface area contributed by atoms with Crippen LogP contribution in [0.1, 0.15) is 50.8 Å². The lowest BCUT2D eigenvalue weighted by atomic mass is 10.00. The van der Waals surface area contributed by atoms with Crippen LogP contribution in [0.2, 0.25) is 0 Å². The van der Waals surface area contributed by atoms with Gasteiger partial charge in [0.05, 0.1) is 5.69 Å². The molecule has 5 nitrogen and oxygen atoms in total. The Hall–Kier alpha value is -2.35. The maximum Gasteiger partial charge on any atom is 0.207 e. The fourth-order valence-corrected chi connectivity index (χ4v) is 3.25. The number of piperidine rings is 1. The van der Waals surface area contributed by atoms with E-state index in [1.807, 2.05) is 12.1 Å². The van der Waals surface area contributed by atoms with Gasteiger partial charge in [0.2, 0.25) is 5.69 Å². The summed E-state index contributed by atoms with van der Waals surface area (Å²) in [5.74, 6) is 0.735. The van der Waals surface area contributed by atoms with E-state index < -0.39 is 0 Å². The Labute approximate surface area is 137 Å². The lowest BCUT2D eigenvalue weighted by Crippen LogP contribution is -2.39. The molecule has 0 unspecified atom stereocenters. The SMILES string of the molecule is CCc1ccc(-n2nc(C#N)c(N3CCCC[C@@H]3CC)n2)cc1. The Balaban J connectivity index is 1.95. The summed E-state index contributed by atoms with van der Waals surface area (Å²) < 4.78 is 0. The molecule has 1 aliphatic heterocycles. The van der Waals surface area contributed by atoms with Crippen LogP contribution >= 0.6 is 0 Å². The van der Waals surface area contributed by atoms with Crippen molar-refractivity contribution in [3.63, 3.8) is 0 Å². The molecule has 1 fully saturated rings. The summed E-state index contributed by atoms with van der Waals surface area (Å²) in [6.07, 6.45) is 5.65. The Morgan fingerprint density at radius 1 is 1.17 bits per heavy atom. The van der Waals surface area contributed by atoms with E-state index in [4.69, 9.17) is 0 Å². The van der Waals surface area contributed by atoms with Gasteiger partial charge in [-0.2, -0.15) is 5.26 Å². The van der Waals surface area contributed by atoms with E-state index in [1.54, 1.807) is 4.80 Å². The van der Waals surface area contributed by atoms with Crippen molar-refractivity contribution in [2.24, 2.45) is 0 Å². The summed E-state index contributed by atoms with van der Waals surface area (Å²) in [4.78, 5) is 3.86. The Morgan fingerprint density at radius 3 is 2.61 bits per heavy atom. The molecule has 1 aromatic carbocycles. The second-order valence-electron chi connectivity index (χ2n) is 6.04. The summed E-state index contributed by atoms with van der Waals surface area (Å²) in [5, 5.41) is 18.5. The molecule has 0 spiro atoms. The van der Waals surface area contributed by atoms with Crippen molar-refractivity contribution in [1.82, 2.24) is 15.0 Å². The molecule has 1 saturated heterocycles. The van der Waals surface area contributed by atoms with E-state index in [0.717, 1.165) is 37.3 Å². The molecule has 0 saturated carbocycles. The average molecular weight is 309 g/mol. The van der Waals surface area contributed by atoms with Gasteiger partial charge in [0, 0.05) is 12.6 Å². The van der Waals surface area contributed by atoms with Crippen LogP contribution in [0.25, 0.3) is 5.69 Å². The molecule has 1 atom stereocenters. The first-order chi connectivity index (χ1) is 11.3. The lowest BCUT2D eigenvalue weighted by Gasteiger charge is -2.35. The molecule has 0 N–H and O–H groups in total. The monoisotopic (exact) mass is 309 g/mol. The predicted molar refractivity (Wildman–Crippen MR) is 90.7 cm³/mol. The van der Waals surface area contributed by atoms with E-state index >= 15 is 0 Å². The van der Waals surface area contributed by atoms with Crippen LogP contribution in [0, 0.1) is 11.3 Å². The second-order valence-corrected chi connectivity index (χ2v) is 6.04. The molecule has 0 radical (unpaired) electrons. The predicted octanol–water partition coefficient (Wildman–Crippen LogP) is 3.47. The third kappa shape index (κ3) is 3.07.